The van der Waals surface area contributed by atoms with Crippen molar-refractivity contribution in [1.29, 1.82) is 0 Å². The van der Waals surface area contributed by atoms with Gasteiger partial charge in [-0.15, -0.1) is 0 Å². The summed E-state index contributed by atoms with van der Waals surface area (Å²) in [6.07, 6.45) is -0.138. The fourth-order valence-electron chi connectivity index (χ4n) is 1.87. The summed E-state index contributed by atoms with van der Waals surface area (Å²) in [7, 11) is 0. The summed E-state index contributed by atoms with van der Waals surface area (Å²) in [5, 5.41) is 18.3. The van der Waals surface area contributed by atoms with Crippen LogP contribution >= 0.6 is 0 Å². The molecule has 80 valence electrons. The Balaban J connectivity index is 2.30. The number of carbonyl (C=O) groups is 1. The number of aliphatic carboxylic acids is 1. The predicted molar refractivity (Wildman–Crippen MR) is 51.0 cm³/mol. The highest BCUT2D eigenvalue weighted by Gasteiger charge is 2.53. The Morgan fingerprint density at radius 3 is 2.27 bits per heavy atom. The highest BCUT2D eigenvalue weighted by atomic mass is 19.1. The average molecular weight is 210 g/mol. The number of aliphatic hydroxyl groups is 1. The summed E-state index contributed by atoms with van der Waals surface area (Å²) in [6, 6.07) is 5.64. The average Bonchev–Trinajstić information content (AvgIpc) is 2.99. The quantitative estimate of drug-likeness (QED) is 0.790. The molecular weight excluding hydrogens is 199 g/mol. The zero-order chi connectivity index (χ0) is 11.1. The lowest BCUT2D eigenvalue weighted by Crippen LogP contribution is -2.33. The molecule has 0 bridgehead atoms. The van der Waals surface area contributed by atoms with E-state index in [1.54, 1.807) is 0 Å². The van der Waals surface area contributed by atoms with E-state index in [9.17, 15) is 14.3 Å². The van der Waals surface area contributed by atoms with Gasteiger partial charge in [-0.1, -0.05) is 12.1 Å². The fraction of sp³-hybridized carbons (Fsp3) is 0.364. The lowest BCUT2D eigenvalue weighted by atomic mass is 9.90. The normalized spacial score (nSPS) is 19.6. The smallest absolute Gasteiger partial charge is 0.333 e. The molecule has 1 saturated carbocycles. The summed E-state index contributed by atoms with van der Waals surface area (Å²) in [5.74, 6) is -1.59. The van der Waals surface area contributed by atoms with Gasteiger partial charge in [0.15, 0.2) is 6.10 Å². The largest absolute Gasteiger partial charge is 0.479 e. The minimum absolute atomic E-state index is 0.362. The zero-order valence-corrected chi connectivity index (χ0v) is 7.98. The van der Waals surface area contributed by atoms with Crippen LogP contribution < -0.4 is 0 Å². The van der Waals surface area contributed by atoms with E-state index in [4.69, 9.17) is 5.11 Å². The summed E-state index contributed by atoms with van der Waals surface area (Å²) in [4.78, 5) is 10.7. The summed E-state index contributed by atoms with van der Waals surface area (Å²) < 4.78 is 12.7. The topological polar surface area (TPSA) is 57.5 Å². The van der Waals surface area contributed by atoms with E-state index < -0.39 is 17.5 Å². The van der Waals surface area contributed by atoms with Crippen LogP contribution in [0.1, 0.15) is 18.4 Å². The Morgan fingerprint density at radius 1 is 1.33 bits per heavy atom. The third kappa shape index (κ3) is 1.61. The first kappa shape index (κ1) is 10.1. The van der Waals surface area contributed by atoms with Crippen molar-refractivity contribution >= 4 is 5.97 Å². The van der Waals surface area contributed by atoms with E-state index in [0.29, 0.717) is 18.4 Å². The molecule has 0 aromatic heterocycles. The molecule has 1 aliphatic rings. The molecule has 2 rings (SSSR count). The van der Waals surface area contributed by atoms with E-state index >= 15 is 0 Å². The monoisotopic (exact) mass is 210 g/mol. The maximum Gasteiger partial charge on any atom is 0.333 e. The SMILES string of the molecule is O=C(O)C(O)C1(c2ccc(F)cc2)CC1. The third-order valence-corrected chi connectivity index (χ3v) is 2.97. The van der Waals surface area contributed by atoms with Gasteiger partial charge in [0.2, 0.25) is 0 Å². The Labute approximate surface area is 86.2 Å². The van der Waals surface area contributed by atoms with E-state index in [0.717, 1.165) is 0 Å². The number of aliphatic hydroxyl groups excluding tert-OH is 1. The van der Waals surface area contributed by atoms with Crippen LogP contribution in [0, 0.1) is 5.82 Å². The van der Waals surface area contributed by atoms with Gasteiger partial charge in [-0.2, -0.15) is 0 Å². The molecule has 2 N–H and O–H groups in total. The number of carboxylic acid groups (broad SMARTS) is 1. The third-order valence-electron chi connectivity index (χ3n) is 2.97. The molecule has 0 radical (unpaired) electrons. The molecule has 1 aromatic carbocycles. The number of hydrogen-bond donors (Lipinski definition) is 2. The molecule has 1 fully saturated rings. The van der Waals surface area contributed by atoms with Crippen molar-refractivity contribution in [3.05, 3.63) is 35.6 Å². The molecule has 15 heavy (non-hydrogen) atoms. The molecule has 4 heteroatoms. The molecule has 1 aliphatic carbocycles. The number of rotatable bonds is 3. The van der Waals surface area contributed by atoms with Gasteiger partial charge in [-0.25, -0.2) is 9.18 Å². The molecule has 0 amide bonds. The van der Waals surface area contributed by atoms with Gasteiger partial charge in [0.1, 0.15) is 5.82 Å². The minimum Gasteiger partial charge on any atom is -0.479 e. The molecule has 1 atom stereocenters. The minimum atomic E-state index is -1.40. The second-order valence-electron chi connectivity index (χ2n) is 3.90. The number of benzene rings is 1. The van der Waals surface area contributed by atoms with Gasteiger partial charge in [0, 0.05) is 5.41 Å². The first-order valence-electron chi connectivity index (χ1n) is 4.73. The Hall–Kier alpha value is -1.42. The molecule has 0 saturated heterocycles. The highest BCUT2D eigenvalue weighted by molar-refractivity contribution is 5.75. The Morgan fingerprint density at radius 2 is 1.87 bits per heavy atom. The van der Waals surface area contributed by atoms with Crippen LogP contribution in [-0.4, -0.2) is 22.3 Å². The number of hydrogen-bond acceptors (Lipinski definition) is 2. The van der Waals surface area contributed by atoms with Crippen LogP contribution in [-0.2, 0) is 10.2 Å². The van der Waals surface area contributed by atoms with E-state index in [-0.39, 0.29) is 5.82 Å². The fourth-order valence-corrected chi connectivity index (χ4v) is 1.87. The van der Waals surface area contributed by atoms with Crippen molar-refractivity contribution in [1.82, 2.24) is 0 Å². The van der Waals surface area contributed by atoms with Crippen LogP contribution in [0.15, 0.2) is 24.3 Å². The van der Waals surface area contributed by atoms with E-state index in [2.05, 4.69) is 0 Å². The second kappa shape index (κ2) is 3.31. The standard InChI is InChI=1S/C11H11FO3/c12-8-3-1-7(2-4-8)11(5-6-11)9(13)10(14)15/h1-4,9,13H,5-6H2,(H,14,15). The zero-order valence-electron chi connectivity index (χ0n) is 7.98. The maximum absolute atomic E-state index is 12.7. The van der Waals surface area contributed by atoms with Crippen LogP contribution in [0.3, 0.4) is 0 Å². The lowest BCUT2D eigenvalue weighted by Gasteiger charge is -2.18. The first-order valence-corrected chi connectivity index (χ1v) is 4.73. The maximum atomic E-state index is 12.7. The van der Waals surface area contributed by atoms with Gasteiger partial charge >= 0.3 is 5.97 Å². The molecule has 0 spiro atoms. The lowest BCUT2D eigenvalue weighted by molar-refractivity contribution is -0.148. The Bertz CT molecular complexity index is 381. The van der Waals surface area contributed by atoms with Crippen molar-refractivity contribution in [2.75, 3.05) is 0 Å². The van der Waals surface area contributed by atoms with Crippen molar-refractivity contribution in [2.45, 2.75) is 24.4 Å². The van der Waals surface area contributed by atoms with Gasteiger partial charge < -0.3 is 10.2 Å². The first-order chi connectivity index (χ1) is 7.06. The summed E-state index contributed by atoms with van der Waals surface area (Å²) >= 11 is 0. The van der Waals surface area contributed by atoms with E-state index in [1.807, 2.05) is 0 Å². The second-order valence-corrected chi connectivity index (χ2v) is 3.90. The van der Waals surface area contributed by atoms with Crippen molar-refractivity contribution in [2.24, 2.45) is 0 Å². The molecule has 1 aromatic rings. The van der Waals surface area contributed by atoms with Crippen LogP contribution in [0.5, 0.6) is 0 Å². The summed E-state index contributed by atoms with van der Waals surface area (Å²) in [5.41, 5.74) is -0.00157. The van der Waals surface area contributed by atoms with Gasteiger partial charge in [-0.3, -0.25) is 0 Å². The van der Waals surface area contributed by atoms with Gasteiger partial charge in [-0.05, 0) is 30.5 Å². The van der Waals surface area contributed by atoms with Crippen molar-refractivity contribution < 1.29 is 19.4 Å². The molecule has 3 nitrogen and oxygen atoms in total. The van der Waals surface area contributed by atoms with Gasteiger partial charge in [0.05, 0.1) is 0 Å². The van der Waals surface area contributed by atoms with E-state index in [1.165, 1.54) is 24.3 Å². The molecule has 0 heterocycles. The van der Waals surface area contributed by atoms with Gasteiger partial charge in [0.25, 0.3) is 0 Å². The van der Waals surface area contributed by atoms with Crippen molar-refractivity contribution in [3.63, 3.8) is 0 Å². The van der Waals surface area contributed by atoms with Crippen LogP contribution in [0.4, 0.5) is 4.39 Å². The number of halogens is 1. The molecular formula is C11H11FO3. The van der Waals surface area contributed by atoms with Crippen molar-refractivity contribution in [3.8, 4) is 0 Å². The molecule has 1 unspecified atom stereocenters. The number of carboxylic acids is 1. The van der Waals surface area contributed by atoms with Crippen LogP contribution in [0.2, 0.25) is 0 Å². The Kier molecular flexibility index (Phi) is 2.23. The summed E-state index contributed by atoms with van der Waals surface area (Å²) in [6.45, 7) is 0. The molecule has 0 aliphatic heterocycles. The van der Waals surface area contributed by atoms with Crippen LogP contribution in [0.25, 0.3) is 0 Å². The predicted octanol–water partition coefficient (Wildman–Crippen LogP) is 1.30. The highest BCUT2D eigenvalue weighted by Crippen LogP contribution is 2.51.